The van der Waals surface area contributed by atoms with E-state index in [-0.39, 0.29) is 0 Å². The van der Waals surface area contributed by atoms with Gasteiger partial charge in [-0.15, -0.1) is 0 Å². The lowest BCUT2D eigenvalue weighted by Gasteiger charge is -2.08. The molecule has 3 aromatic rings. The number of hydrogen-bond donors (Lipinski definition) is 2. The number of unbranched alkanes of at least 4 members (excludes halogenated alkanes) is 1. The predicted octanol–water partition coefficient (Wildman–Crippen LogP) is 6.04. The third kappa shape index (κ3) is 3.32. The number of H-pyrrole nitrogens is 1. The summed E-state index contributed by atoms with van der Waals surface area (Å²) in [5.74, 6) is 0. The molecule has 126 valence electrons. The molecule has 0 bridgehead atoms. The van der Waals surface area contributed by atoms with E-state index in [0.717, 1.165) is 30.5 Å². The topological polar surface area (TPSA) is 41.8 Å². The summed E-state index contributed by atoms with van der Waals surface area (Å²) in [6, 6.07) is 10.1. The van der Waals surface area contributed by atoms with Crippen LogP contribution in [0, 0.1) is 13.8 Å². The first-order valence-electron chi connectivity index (χ1n) is 8.28. The highest BCUT2D eigenvalue weighted by molar-refractivity contribution is 6.35. The van der Waals surface area contributed by atoms with Crippen LogP contribution in [0.25, 0.3) is 22.2 Å². The molecule has 0 fully saturated rings. The Morgan fingerprint density at radius 1 is 1.04 bits per heavy atom. The molecule has 0 spiro atoms. The van der Waals surface area contributed by atoms with E-state index >= 15 is 0 Å². The molecule has 0 radical (unpaired) electrons. The summed E-state index contributed by atoms with van der Waals surface area (Å²) in [5.41, 5.74) is 12.7. The number of nitrogens with two attached hydrogens (primary N) is 1. The van der Waals surface area contributed by atoms with Crippen LogP contribution in [0.5, 0.6) is 0 Å². The number of rotatable bonds is 5. The van der Waals surface area contributed by atoms with Gasteiger partial charge in [-0.1, -0.05) is 34.8 Å². The lowest BCUT2D eigenvalue weighted by Crippen LogP contribution is -1.99. The number of nitrogens with one attached hydrogen (secondary N) is 1. The Balaban J connectivity index is 2.23. The maximum absolute atomic E-state index is 6.46. The van der Waals surface area contributed by atoms with Crippen molar-refractivity contribution in [1.82, 2.24) is 4.98 Å². The van der Waals surface area contributed by atoms with Gasteiger partial charge in [-0.25, -0.2) is 0 Å². The third-order valence-corrected chi connectivity index (χ3v) is 5.00. The Morgan fingerprint density at radius 3 is 2.58 bits per heavy atom. The maximum atomic E-state index is 6.46. The third-order valence-electron chi connectivity index (χ3n) is 4.44. The minimum Gasteiger partial charge on any atom is -0.354 e. The highest BCUT2D eigenvalue weighted by Crippen LogP contribution is 2.37. The molecule has 1 aromatic heterocycles. The van der Waals surface area contributed by atoms with Crippen molar-refractivity contribution in [2.24, 2.45) is 5.73 Å². The summed E-state index contributed by atoms with van der Waals surface area (Å²) in [5, 5.41) is 2.67. The zero-order valence-corrected chi connectivity index (χ0v) is 15.6. The van der Waals surface area contributed by atoms with Crippen molar-refractivity contribution in [2.45, 2.75) is 33.1 Å². The number of aryl methyl sites for hydroxylation is 3. The van der Waals surface area contributed by atoms with Crippen LogP contribution < -0.4 is 5.73 Å². The fourth-order valence-corrected chi connectivity index (χ4v) is 3.72. The average molecular weight is 361 g/mol. The first-order valence-corrected chi connectivity index (χ1v) is 9.04. The minimum atomic E-state index is 0.689. The fourth-order valence-electron chi connectivity index (χ4n) is 3.33. The number of benzene rings is 2. The van der Waals surface area contributed by atoms with Crippen LogP contribution in [0.2, 0.25) is 10.0 Å². The van der Waals surface area contributed by atoms with Gasteiger partial charge in [0, 0.05) is 26.5 Å². The Bertz CT molecular complexity index is 881. The molecule has 0 aliphatic heterocycles. The van der Waals surface area contributed by atoms with Gasteiger partial charge < -0.3 is 10.7 Å². The molecule has 0 aliphatic rings. The Labute approximate surface area is 153 Å². The number of aromatic amines is 1. The maximum Gasteiger partial charge on any atom is 0.0513 e. The molecule has 2 aromatic carbocycles. The lowest BCUT2D eigenvalue weighted by molar-refractivity contribution is 0.748. The van der Waals surface area contributed by atoms with Gasteiger partial charge in [0.05, 0.1) is 5.69 Å². The van der Waals surface area contributed by atoms with E-state index in [9.17, 15) is 0 Å². The van der Waals surface area contributed by atoms with Crippen LogP contribution in [0.4, 0.5) is 0 Å². The molecule has 3 rings (SSSR count). The van der Waals surface area contributed by atoms with E-state index in [1.54, 1.807) is 0 Å². The molecule has 2 nitrogen and oxygen atoms in total. The van der Waals surface area contributed by atoms with Crippen LogP contribution in [0.1, 0.15) is 29.5 Å². The van der Waals surface area contributed by atoms with Crippen LogP contribution >= 0.6 is 23.2 Å². The standard InChI is InChI=1S/C20H22Cl2N2/c1-12-9-13(2)19-16(10-12)15(5-3-4-8-23)20(24-19)17-11-14(21)6-7-18(17)22/h6-7,9-11,24H,3-5,8,23H2,1-2H3. The van der Waals surface area contributed by atoms with E-state index in [0.29, 0.717) is 16.6 Å². The lowest BCUT2D eigenvalue weighted by atomic mass is 9.98. The fraction of sp³-hybridized carbons (Fsp3) is 0.300. The molecule has 0 unspecified atom stereocenters. The zero-order chi connectivity index (χ0) is 17.3. The first kappa shape index (κ1) is 17.3. The normalized spacial score (nSPS) is 11.4. The highest BCUT2D eigenvalue weighted by atomic mass is 35.5. The molecule has 0 saturated heterocycles. The quantitative estimate of drug-likeness (QED) is 0.535. The van der Waals surface area contributed by atoms with Gasteiger partial charge in [0.15, 0.2) is 0 Å². The second kappa shape index (κ2) is 7.18. The van der Waals surface area contributed by atoms with Crippen molar-refractivity contribution >= 4 is 34.1 Å². The largest absolute Gasteiger partial charge is 0.354 e. The van der Waals surface area contributed by atoms with Crippen LogP contribution in [-0.2, 0) is 6.42 Å². The van der Waals surface area contributed by atoms with Gasteiger partial charge in [0.2, 0.25) is 0 Å². The monoisotopic (exact) mass is 360 g/mol. The molecule has 0 amide bonds. The SMILES string of the molecule is Cc1cc(C)c2[nH]c(-c3cc(Cl)ccc3Cl)c(CCCCN)c2c1. The average Bonchev–Trinajstić information content (AvgIpc) is 2.89. The van der Waals surface area contributed by atoms with Crippen molar-refractivity contribution < 1.29 is 0 Å². The minimum absolute atomic E-state index is 0.689. The van der Waals surface area contributed by atoms with Gasteiger partial charge in [0.25, 0.3) is 0 Å². The first-order chi connectivity index (χ1) is 11.5. The van der Waals surface area contributed by atoms with E-state index in [1.807, 2.05) is 18.2 Å². The summed E-state index contributed by atoms with van der Waals surface area (Å²) in [4.78, 5) is 3.60. The molecule has 1 heterocycles. The Kier molecular flexibility index (Phi) is 5.19. The van der Waals surface area contributed by atoms with Gasteiger partial charge in [0.1, 0.15) is 0 Å². The van der Waals surface area contributed by atoms with Crippen molar-refractivity contribution in [3.63, 3.8) is 0 Å². The van der Waals surface area contributed by atoms with Crippen LogP contribution in [0.3, 0.4) is 0 Å². The van der Waals surface area contributed by atoms with Crippen molar-refractivity contribution in [3.05, 3.63) is 57.1 Å². The zero-order valence-electron chi connectivity index (χ0n) is 14.0. The van der Waals surface area contributed by atoms with Crippen molar-refractivity contribution in [3.8, 4) is 11.3 Å². The molecule has 0 atom stereocenters. The smallest absolute Gasteiger partial charge is 0.0513 e. The number of hydrogen-bond acceptors (Lipinski definition) is 1. The summed E-state index contributed by atoms with van der Waals surface area (Å²) in [7, 11) is 0. The van der Waals surface area contributed by atoms with Crippen molar-refractivity contribution in [2.75, 3.05) is 6.54 Å². The van der Waals surface area contributed by atoms with Gasteiger partial charge in [-0.2, -0.15) is 0 Å². The number of fused-ring (bicyclic) bond motifs is 1. The van der Waals surface area contributed by atoms with Gasteiger partial charge in [-0.3, -0.25) is 0 Å². The second-order valence-corrected chi connectivity index (χ2v) is 7.20. The van der Waals surface area contributed by atoms with E-state index in [1.165, 1.54) is 27.6 Å². The van der Waals surface area contributed by atoms with E-state index in [2.05, 4.69) is 31.0 Å². The second-order valence-electron chi connectivity index (χ2n) is 6.35. The van der Waals surface area contributed by atoms with E-state index < -0.39 is 0 Å². The highest BCUT2D eigenvalue weighted by Gasteiger charge is 2.17. The predicted molar refractivity (Wildman–Crippen MR) is 105 cm³/mol. The summed E-state index contributed by atoms with van der Waals surface area (Å²) in [6.45, 7) is 4.99. The molecule has 24 heavy (non-hydrogen) atoms. The molecular formula is C20H22Cl2N2. The molecule has 0 aliphatic carbocycles. The summed E-state index contributed by atoms with van der Waals surface area (Å²) in [6.07, 6.45) is 3.04. The van der Waals surface area contributed by atoms with Crippen molar-refractivity contribution in [1.29, 1.82) is 0 Å². The Hall–Kier alpha value is -1.48. The Morgan fingerprint density at radius 2 is 1.83 bits per heavy atom. The molecule has 0 saturated carbocycles. The molecule has 4 heteroatoms. The molecule has 3 N–H and O–H groups in total. The summed E-state index contributed by atoms with van der Waals surface area (Å²) < 4.78 is 0. The van der Waals surface area contributed by atoms with Crippen LogP contribution in [-0.4, -0.2) is 11.5 Å². The van der Waals surface area contributed by atoms with E-state index in [4.69, 9.17) is 28.9 Å². The number of halogens is 2. The summed E-state index contributed by atoms with van der Waals surface area (Å²) >= 11 is 12.7. The van der Waals surface area contributed by atoms with Gasteiger partial charge >= 0.3 is 0 Å². The van der Waals surface area contributed by atoms with Crippen LogP contribution in [0.15, 0.2) is 30.3 Å². The van der Waals surface area contributed by atoms with Gasteiger partial charge in [-0.05, 0) is 75.0 Å². The molecular weight excluding hydrogens is 339 g/mol. The number of aromatic nitrogens is 1.